The third-order valence-electron chi connectivity index (χ3n) is 6.11. The standard InChI is InChI=1S/C28H26N2O/c1-16(2)19-11-21-8-17(3)9-22-26(21)24(12-19)31-25-13-20-10-18(14-28(4,5)15-29)6-7-23(20)30-27(22)25/h6-13,16H,14H2,1-5H3. The zero-order valence-electron chi connectivity index (χ0n) is 18.7. The topological polar surface area (TPSA) is 45.9 Å². The Bertz CT molecular complexity index is 1410. The van der Waals surface area contributed by atoms with Crippen LogP contribution in [0.25, 0.3) is 32.9 Å². The van der Waals surface area contributed by atoms with Gasteiger partial charge in [-0.05, 0) is 85.5 Å². The zero-order chi connectivity index (χ0) is 21.9. The second-order valence-electron chi connectivity index (χ2n) is 9.72. The number of fused-ring (bicyclic) bond motifs is 3. The molecule has 5 rings (SSSR count). The first-order chi connectivity index (χ1) is 14.7. The molecule has 4 aromatic rings. The van der Waals surface area contributed by atoms with E-state index in [-0.39, 0.29) is 0 Å². The van der Waals surface area contributed by atoms with Gasteiger partial charge >= 0.3 is 0 Å². The third kappa shape index (κ3) is 3.33. The number of pyridine rings is 1. The van der Waals surface area contributed by atoms with Crippen LogP contribution in [0.1, 0.15) is 50.3 Å². The van der Waals surface area contributed by atoms with Crippen molar-refractivity contribution in [1.82, 2.24) is 4.98 Å². The van der Waals surface area contributed by atoms with Gasteiger partial charge in [-0.2, -0.15) is 5.26 Å². The average molecular weight is 407 g/mol. The van der Waals surface area contributed by atoms with Crippen molar-refractivity contribution < 1.29 is 4.74 Å². The monoisotopic (exact) mass is 406 g/mol. The van der Waals surface area contributed by atoms with Gasteiger partial charge in [-0.15, -0.1) is 0 Å². The summed E-state index contributed by atoms with van der Waals surface area (Å²) in [4.78, 5) is 5.01. The van der Waals surface area contributed by atoms with Gasteiger partial charge in [0.15, 0.2) is 5.75 Å². The van der Waals surface area contributed by atoms with E-state index >= 15 is 0 Å². The van der Waals surface area contributed by atoms with E-state index in [9.17, 15) is 5.26 Å². The van der Waals surface area contributed by atoms with Crippen molar-refractivity contribution in [3.63, 3.8) is 0 Å². The highest BCUT2D eigenvalue weighted by Crippen LogP contribution is 2.48. The molecule has 1 aliphatic heterocycles. The summed E-state index contributed by atoms with van der Waals surface area (Å²) in [6, 6.07) is 19.7. The van der Waals surface area contributed by atoms with Crippen LogP contribution in [0.15, 0.2) is 48.5 Å². The van der Waals surface area contributed by atoms with Crippen molar-refractivity contribution >= 4 is 21.7 Å². The fourth-order valence-corrected chi connectivity index (χ4v) is 4.50. The summed E-state index contributed by atoms with van der Waals surface area (Å²) < 4.78 is 6.44. The number of aromatic nitrogens is 1. The van der Waals surface area contributed by atoms with E-state index in [2.05, 4.69) is 75.4 Å². The minimum atomic E-state index is -0.398. The third-order valence-corrected chi connectivity index (χ3v) is 6.11. The number of benzene rings is 3. The summed E-state index contributed by atoms with van der Waals surface area (Å²) in [5.41, 5.74) is 6.21. The number of hydrogen-bond donors (Lipinski definition) is 0. The Morgan fingerprint density at radius 3 is 2.55 bits per heavy atom. The predicted octanol–water partition coefficient (Wildman–Crippen LogP) is 7.68. The lowest BCUT2D eigenvalue weighted by atomic mass is 9.87. The maximum atomic E-state index is 9.39. The Kier molecular flexibility index (Phi) is 4.31. The van der Waals surface area contributed by atoms with Crippen molar-refractivity contribution in [3.05, 3.63) is 65.2 Å². The van der Waals surface area contributed by atoms with Gasteiger partial charge < -0.3 is 4.74 Å². The Balaban J connectivity index is 1.71. The fourth-order valence-electron chi connectivity index (χ4n) is 4.50. The zero-order valence-corrected chi connectivity index (χ0v) is 18.7. The number of aryl methyl sites for hydroxylation is 1. The molecule has 0 N–H and O–H groups in total. The molecule has 0 atom stereocenters. The number of ether oxygens (including phenoxy) is 1. The molecule has 0 aliphatic carbocycles. The summed E-state index contributed by atoms with van der Waals surface area (Å²) in [7, 11) is 0. The van der Waals surface area contributed by atoms with Gasteiger partial charge in [0.1, 0.15) is 11.4 Å². The van der Waals surface area contributed by atoms with Crippen molar-refractivity contribution in [3.8, 4) is 28.8 Å². The van der Waals surface area contributed by atoms with Crippen LogP contribution >= 0.6 is 0 Å². The number of nitriles is 1. The van der Waals surface area contributed by atoms with E-state index in [1.165, 1.54) is 16.5 Å². The largest absolute Gasteiger partial charge is 0.454 e. The second kappa shape index (κ2) is 6.82. The lowest BCUT2D eigenvalue weighted by Crippen LogP contribution is -2.11. The Morgan fingerprint density at radius 2 is 1.81 bits per heavy atom. The Morgan fingerprint density at radius 1 is 1.00 bits per heavy atom. The molecule has 3 aromatic carbocycles. The molecule has 0 saturated carbocycles. The lowest BCUT2D eigenvalue weighted by molar-refractivity contribution is 0.484. The van der Waals surface area contributed by atoms with Crippen LogP contribution in [0.2, 0.25) is 0 Å². The highest BCUT2D eigenvalue weighted by Gasteiger charge is 2.24. The summed E-state index contributed by atoms with van der Waals surface area (Å²) in [6.45, 7) is 10.5. The average Bonchev–Trinajstić information content (AvgIpc) is 2.71. The van der Waals surface area contributed by atoms with Crippen LogP contribution in [0.4, 0.5) is 0 Å². The van der Waals surface area contributed by atoms with E-state index in [4.69, 9.17) is 9.72 Å². The summed E-state index contributed by atoms with van der Waals surface area (Å²) in [5.74, 6) is 2.13. The van der Waals surface area contributed by atoms with Crippen LogP contribution in [0.5, 0.6) is 11.5 Å². The molecule has 0 bridgehead atoms. The van der Waals surface area contributed by atoms with Gasteiger partial charge in [-0.1, -0.05) is 32.0 Å². The van der Waals surface area contributed by atoms with Gasteiger partial charge in [0, 0.05) is 16.3 Å². The first kappa shape index (κ1) is 19.6. The van der Waals surface area contributed by atoms with Crippen LogP contribution in [0.3, 0.4) is 0 Å². The Hall–Kier alpha value is -3.38. The number of rotatable bonds is 3. The van der Waals surface area contributed by atoms with Crippen LogP contribution in [-0.2, 0) is 6.42 Å². The lowest BCUT2D eigenvalue weighted by Gasteiger charge is -2.23. The predicted molar refractivity (Wildman–Crippen MR) is 127 cm³/mol. The number of nitrogens with zero attached hydrogens (tertiary/aromatic N) is 2. The minimum Gasteiger partial charge on any atom is -0.454 e. The highest BCUT2D eigenvalue weighted by molar-refractivity contribution is 6.05. The molecule has 1 aliphatic rings. The molecular weight excluding hydrogens is 380 g/mol. The second-order valence-corrected chi connectivity index (χ2v) is 9.72. The summed E-state index contributed by atoms with van der Waals surface area (Å²) in [5, 5.41) is 12.8. The van der Waals surface area contributed by atoms with E-state index < -0.39 is 5.41 Å². The maximum absolute atomic E-state index is 9.39. The molecule has 0 fully saturated rings. The van der Waals surface area contributed by atoms with E-state index in [0.29, 0.717) is 12.3 Å². The summed E-state index contributed by atoms with van der Waals surface area (Å²) >= 11 is 0. The minimum absolute atomic E-state index is 0.398. The van der Waals surface area contributed by atoms with E-state index in [1.807, 2.05) is 13.8 Å². The Labute approximate surface area is 183 Å². The van der Waals surface area contributed by atoms with Crippen molar-refractivity contribution in [2.75, 3.05) is 0 Å². The molecule has 1 aromatic heterocycles. The molecule has 3 heteroatoms. The molecule has 0 amide bonds. The smallest absolute Gasteiger partial charge is 0.154 e. The van der Waals surface area contributed by atoms with Crippen molar-refractivity contribution in [2.24, 2.45) is 5.41 Å². The first-order valence-electron chi connectivity index (χ1n) is 10.9. The van der Waals surface area contributed by atoms with Crippen LogP contribution < -0.4 is 4.74 Å². The molecular formula is C28H26N2O. The van der Waals surface area contributed by atoms with Gasteiger partial charge in [-0.3, -0.25) is 0 Å². The molecule has 0 saturated heterocycles. The van der Waals surface area contributed by atoms with Gasteiger partial charge in [0.25, 0.3) is 0 Å². The van der Waals surface area contributed by atoms with Crippen molar-refractivity contribution in [2.45, 2.75) is 47.0 Å². The maximum Gasteiger partial charge on any atom is 0.154 e. The van der Waals surface area contributed by atoms with E-state index in [1.54, 1.807) is 0 Å². The van der Waals surface area contributed by atoms with Crippen LogP contribution in [-0.4, -0.2) is 4.98 Å². The molecule has 154 valence electrons. The first-order valence-corrected chi connectivity index (χ1v) is 10.9. The molecule has 2 heterocycles. The molecule has 0 spiro atoms. The molecule has 31 heavy (non-hydrogen) atoms. The van der Waals surface area contributed by atoms with Crippen molar-refractivity contribution in [1.29, 1.82) is 5.26 Å². The van der Waals surface area contributed by atoms with Gasteiger partial charge in [0.2, 0.25) is 0 Å². The normalized spacial score (nSPS) is 12.7. The quantitative estimate of drug-likeness (QED) is 0.308. The molecule has 0 radical (unpaired) electrons. The van der Waals surface area contributed by atoms with E-state index in [0.717, 1.165) is 44.6 Å². The van der Waals surface area contributed by atoms with Gasteiger partial charge in [-0.25, -0.2) is 4.98 Å². The highest BCUT2D eigenvalue weighted by atomic mass is 16.5. The summed E-state index contributed by atoms with van der Waals surface area (Å²) in [6.07, 6.45) is 0.705. The number of hydrogen-bond acceptors (Lipinski definition) is 3. The fraction of sp³-hybridized carbons (Fsp3) is 0.286. The molecule has 0 unspecified atom stereocenters. The van der Waals surface area contributed by atoms with Crippen LogP contribution in [0, 0.1) is 23.7 Å². The van der Waals surface area contributed by atoms with Gasteiger partial charge in [0.05, 0.1) is 17.0 Å². The SMILES string of the molecule is Cc1cc2c3c(cc(C(C)C)cc3c1)Oc1cc3cc(CC(C)(C)C#N)ccc3nc1-2. The molecule has 3 nitrogen and oxygen atoms in total.